The molecule has 0 aromatic heterocycles. The molecule has 0 amide bonds. The molecule has 2 aromatic carbocycles. The number of hydrogen-bond acceptors (Lipinski definition) is 6. The average molecular weight is 377 g/mol. The SMILES string of the molecule is CSc1ccc([C@H]2OC(c3ccccc3)=N[C@@H]2COS(C)(=O)=O)cc1. The van der Waals surface area contributed by atoms with Crippen molar-refractivity contribution in [2.75, 3.05) is 19.1 Å². The lowest BCUT2D eigenvalue weighted by Gasteiger charge is -2.18. The third kappa shape index (κ3) is 4.62. The third-order valence-electron chi connectivity index (χ3n) is 3.79. The first-order valence-electron chi connectivity index (χ1n) is 7.74. The Hall–Kier alpha value is -1.83. The molecular formula is C18H19NO4S2. The molecule has 0 radical (unpaired) electrons. The van der Waals surface area contributed by atoms with Crippen molar-refractivity contribution in [3.63, 3.8) is 0 Å². The number of benzene rings is 2. The van der Waals surface area contributed by atoms with Crippen LogP contribution in [0.1, 0.15) is 17.2 Å². The van der Waals surface area contributed by atoms with E-state index in [4.69, 9.17) is 8.92 Å². The van der Waals surface area contributed by atoms with Crippen LogP contribution in [0.4, 0.5) is 0 Å². The van der Waals surface area contributed by atoms with E-state index >= 15 is 0 Å². The molecule has 0 bridgehead atoms. The third-order valence-corrected chi connectivity index (χ3v) is 5.10. The summed E-state index contributed by atoms with van der Waals surface area (Å²) in [6.45, 7) is -0.0515. The van der Waals surface area contributed by atoms with Crippen molar-refractivity contribution in [3.8, 4) is 0 Å². The van der Waals surface area contributed by atoms with Crippen molar-refractivity contribution in [2.24, 2.45) is 4.99 Å². The number of ether oxygens (including phenoxy) is 1. The average Bonchev–Trinajstić information content (AvgIpc) is 3.04. The van der Waals surface area contributed by atoms with Crippen molar-refractivity contribution in [3.05, 3.63) is 65.7 Å². The fourth-order valence-electron chi connectivity index (χ4n) is 2.57. The van der Waals surface area contributed by atoms with Crippen LogP contribution >= 0.6 is 11.8 Å². The van der Waals surface area contributed by atoms with Gasteiger partial charge in [-0.15, -0.1) is 11.8 Å². The lowest BCUT2D eigenvalue weighted by Crippen LogP contribution is -2.22. The lowest BCUT2D eigenvalue weighted by molar-refractivity contribution is 0.163. The molecule has 0 N–H and O–H groups in total. The topological polar surface area (TPSA) is 65.0 Å². The zero-order valence-electron chi connectivity index (χ0n) is 14.0. The van der Waals surface area contributed by atoms with Crippen LogP contribution in [0.3, 0.4) is 0 Å². The van der Waals surface area contributed by atoms with Crippen molar-refractivity contribution >= 4 is 27.8 Å². The van der Waals surface area contributed by atoms with E-state index in [1.807, 2.05) is 60.9 Å². The molecule has 1 heterocycles. The Bertz CT molecular complexity index is 848. The van der Waals surface area contributed by atoms with Gasteiger partial charge in [0.05, 0.1) is 12.9 Å². The highest BCUT2D eigenvalue weighted by atomic mass is 32.2. The minimum atomic E-state index is -3.54. The van der Waals surface area contributed by atoms with E-state index in [1.165, 1.54) is 0 Å². The Morgan fingerprint density at radius 3 is 2.40 bits per heavy atom. The first kappa shape index (κ1) is 18.0. The van der Waals surface area contributed by atoms with Gasteiger partial charge >= 0.3 is 0 Å². The van der Waals surface area contributed by atoms with Gasteiger partial charge in [-0.05, 0) is 36.1 Å². The largest absolute Gasteiger partial charge is 0.467 e. The molecule has 25 heavy (non-hydrogen) atoms. The van der Waals surface area contributed by atoms with E-state index in [-0.39, 0.29) is 12.7 Å². The van der Waals surface area contributed by atoms with E-state index in [2.05, 4.69) is 4.99 Å². The van der Waals surface area contributed by atoms with Gasteiger partial charge in [-0.25, -0.2) is 4.99 Å². The van der Waals surface area contributed by atoms with Crippen LogP contribution in [0.15, 0.2) is 64.5 Å². The van der Waals surface area contributed by atoms with Crippen LogP contribution in [0.5, 0.6) is 0 Å². The van der Waals surface area contributed by atoms with Gasteiger partial charge in [-0.1, -0.05) is 30.3 Å². The summed E-state index contributed by atoms with van der Waals surface area (Å²) in [6, 6.07) is 17.1. The summed E-state index contributed by atoms with van der Waals surface area (Å²) in [5.41, 5.74) is 1.80. The second kappa shape index (κ2) is 7.59. The Morgan fingerprint density at radius 2 is 1.80 bits per heavy atom. The predicted molar refractivity (Wildman–Crippen MR) is 99.6 cm³/mol. The summed E-state index contributed by atoms with van der Waals surface area (Å²) in [7, 11) is -3.54. The molecule has 1 aliphatic heterocycles. The maximum absolute atomic E-state index is 11.4. The molecule has 7 heteroatoms. The molecule has 1 aliphatic rings. The minimum Gasteiger partial charge on any atom is -0.467 e. The zero-order valence-corrected chi connectivity index (χ0v) is 15.6. The molecular weight excluding hydrogens is 358 g/mol. The first-order valence-corrected chi connectivity index (χ1v) is 10.8. The quantitative estimate of drug-likeness (QED) is 0.571. The van der Waals surface area contributed by atoms with Crippen LogP contribution in [0.2, 0.25) is 0 Å². The van der Waals surface area contributed by atoms with Gasteiger partial charge in [-0.3, -0.25) is 4.18 Å². The van der Waals surface area contributed by atoms with Gasteiger partial charge in [0.2, 0.25) is 5.90 Å². The second-order valence-corrected chi connectivity index (χ2v) is 8.19. The first-order chi connectivity index (χ1) is 12.0. The van der Waals surface area contributed by atoms with Crippen LogP contribution < -0.4 is 0 Å². The molecule has 0 fully saturated rings. The number of hydrogen-bond donors (Lipinski definition) is 0. The van der Waals surface area contributed by atoms with E-state index in [0.29, 0.717) is 5.90 Å². The smallest absolute Gasteiger partial charge is 0.264 e. The summed E-state index contributed by atoms with van der Waals surface area (Å²) in [6.07, 6.45) is 2.67. The predicted octanol–water partition coefficient (Wildman–Crippen LogP) is 3.27. The molecule has 0 saturated carbocycles. The molecule has 0 aliphatic carbocycles. The summed E-state index contributed by atoms with van der Waals surface area (Å²) >= 11 is 1.66. The molecule has 5 nitrogen and oxygen atoms in total. The molecule has 2 atom stereocenters. The van der Waals surface area contributed by atoms with Crippen molar-refractivity contribution < 1.29 is 17.3 Å². The maximum atomic E-state index is 11.4. The Labute approximate surface area is 152 Å². The van der Waals surface area contributed by atoms with Crippen molar-refractivity contribution in [1.29, 1.82) is 0 Å². The number of thioether (sulfide) groups is 1. The number of rotatable bonds is 6. The van der Waals surface area contributed by atoms with Gasteiger partial charge < -0.3 is 4.74 Å². The Kier molecular flexibility index (Phi) is 5.46. The van der Waals surface area contributed by atoms with Crippen molar-refractivity contribution in [1.82, 2.24) is 0 Å². The van der Waals surface area contributed by atoms with Crippen LogP contribution in [-0.4, -0.2) is 39.5 Å². The lowest BCUT2D eigenvalue weighted by atomic mass is 10.0. The molecule has 132 valence electrons. The Balaban J connectivity index is 1.87. The van der Waals surface area contributed by atoms with E-state index in [0.717, 1.165) is 22.3 Å². The molecule has 0 spiro atoms. The van der Waals surface area contributed by atoms with Gasteiger partial charge in [0.1, 0.15) is 6.04 Å². The molecule has 2 aromatic rings. The maximum Gasteiger partial charge on any atom is 0.264 e. The van der Waals surface area contributed by atoms with Gasteiger partial charge in [0.25, 0.3) is 10.1 Å². The van der Waals surface area contributed by atoms with E-state index in [1.54, 1.807) is 11.8 Å². The highest BCUT2D eigenvalue weighted by Gasteiger charge is 2.34. The van der Waals surface area contributed by atoms with Gasteiger partial charge in [0, 0.05) is 10.5 Å². The fourth-order valence-corrected chi connectivity index (χ4v) is 3.37. The summed E-state index contributed by atoms with van der Waals surface area (Å²) in [5, 5.41) is 0. The minimum absolute atomic E-state index is 0.0515. The zero-order chi connectivity index (χ0) is 17.9. The highest BCUT2D eigenvalue weighted by Crippen LogP contribution is 2.32. The fraction of sp³-hybridized carbons (Fsp3) is 0.278. The van der Waals surface area contributed by atoms with E-state index < -0.39 is 16.2 Å². The Morgan fingerprint density at radius 1 is 1.12 bits per heavy atom. The highest BCUT2D eigenvalue weighted by molar-refractivity contribution is 7.98. The number of nitrogens with zero attached hydrogens (tertiary/aromatic N) is 1. The normalized spacial score (nSPS) is 20.2. The van der Waals surface area contributed by atoms with Crippen LogP contribution in [0.25, 0.3) is 0 Å². The van der Waals surface area contributed by atoms with Crippen LogP contribution in [-0.2, 0) is 19.0 Å². The second-order valence-electron chi connectivity index (χ2n) is 5.67. The molecule has 0 unspecified atom stereocenters. The van der Waals surface area contributed by atoms with Gasteiger partial charge in [-0.2, -0.15) is 8.42 Å². The van der Waals surface area contributed by atoms with Crippen LogP contribution in [0, 0.1) is 0 Å². The summed E-state index contributed by atoms with van der Waals surface area (Å²) in [4.78, 5) is 5.71. The van der Waals surface area contributed by atoms with Crippen molar-refractivity contribution in [2.45, 2.75) is 17.0 Å². The van der Waals surface area contributed by atoms with E-state index in [9.17, 15) is 8.42 Å². The monoisotopic (exact) mass is 377 g/mol. The molecule has 0 saturated heterocycles. The summed E-state index contributed by atoms with van der Waals surface area (Å²) in [5.74, 6) is 0.502. The molecule has 3 rings (SSSR count). The van der Waals surface area contributed by atoms with Gasteiger partial charge in [0.15, 0.2) is 6.10 Å². The summed E-state index contributed by atoms with van der Waals surface area (Å²) < 4.78 is 33.7. The standard InChI is InChI=1S/C18H19NO4S2/c1-24-15-10-8-13(9-11-15)17-16(12-22-25(2,20)21)19-18(23-17)14-6-4-3-5-7-14/h3-11,16-17H,12H2,1-2H3/t16-,17-/m1/s1. The number of aliphatic imine (C=N–C) groups is 1.